The number of hydrogen-bond donors (Lipinski definition) is 1. The largest absolute Gasteiger partial charge is 0.453 e. The fourth-order valence-electron chi connectivity index (χ4n) is 1.61. The smallest absolute Gasteiger partial charge is 0.151 e. The third-order valence-corrected chi connectivity index (χ3v) is 2.81. The molecular formula is C12H8BrNO. The van der Waals surface area contributed by atoms with Gasteiger partial charge in [-0.15, -0.1) is 0 Å². The van der Waals surface area contributed by atoms with E-state index < -0.39 is 0 Å². The van der Waals surface area contributed by atoms with Crippen molar-refractivity contribution >= 4 is 27.3 Å². The summed E-state index contributed by atoms with van der Waals surface area (Å²) in [5, 5.41) is 3.33. The number of rotatable bonds is 0. The van der Waals surface area contributed by atoms with Crippen molar-refractivity contribution in [2.75, 3.05) is 5.32 Å². The fraction of sp³-hybridized carbons (Fsp3) is 0. The monoisotopic (exact) mass is 261 g/mol. The van der Waals surface area contributed by atoms with Crippen LogP contribution in [0.3, 0.4) is 0 Å². The highest BCUT2D eigenvalue weighted by Gasteiger charge is 2.15. The van der Waals surface area contributed by atoms with Crippen LogP contribution in [0.2, 0.25) is 0 Å². The quantitative estimate of drug-likeness (QED) is 0.652. The first-order chi connectivity index (χ1) is 7.33. The topological polar surface area (TPSA) is 21.3 Å². The van der Waals surface area contributed by atoms with Crippen LogP contribution in [0.4, 0.5) is 11.4 Å². The summed E-state index contributed by atoms with van der Waals surface area (Å²) >= 11 is 3.43. The maximum atomic E-state index is 5.75. The van der Waals surface area contributed by atoms with E-state index in [1.165, 1.54) is 0 Å². The van der Waals surface area contributed by atoms with Gasteiger partial charge in [0.25, 0.3) is 0 Å². The Morgan fingerprint density at radius 1 is 0.933 bits per heavy atom. The second-order valence-electron chi connectivity index (χ2n) is 3.36. The molecule has 0 saturated carbocycles. The molecule has 74 valence electrons. The van der Waals surface area contributed by atoms with Crippen LogP contribution in [0.15, 0.2) is 46.9 Å². The molecule has 0 atom stereocenters. The Morgan fingerprint density at radius 2 is 1.73 bits per heavy atom. The van der Waals surface area contributed by atoms with E-state index in [0.717, 1.165) is 27.3 Å². The van der Waals surface area contributed by atoms with Crippen LogP contribution >= 0.6 is 15.9 Å². The first-order valence-corrected chi connectivity index (χ1v) is 5.46. The molecule has 1 N–H and O–H groups in total. The predicted molar refractivity (Wildman–Crippen MR) is 63.9 cm³/mol. The minimum absolute atomic E-state index is 0.858. The summed E-state index contributed by atoms with van der Waals surface area (Å²) in [5.74, 6) is 1.73. The lowest BCUT2D eigenvalue weighted by molar-refractivity contribution is 0.481. The summed E-state index contributed by atoms with van der Waals surface area (Å²) in [6.45, 7) is 0. The summed E-state index contributed by atoms with van der Waals surface area (Å²) in [4.78, 5) is 0. The predicted octanol–water partition coefficient (Wildman–Crippen LogP) is 4.30. The standard InChI is InChI=1S/C12H8BrNO/c13-8-5-6-12-10(7-8)14-9-3-1-2-4-11(9)15-12/h1-7,14H. The minimum atomic E-state index is 0.858. The normalized spacial score (nSPS) is 12.1. The van der Waals surface area contributed by atoms with E-state index >= 15 is 0 Å². The van der Waals surface area contributed by atoms with Gasteiger partial charge in [-0.3, -0.25) is 0 Å². The molecule has 1 aliphatic heterocycles. The fourth-order valence-corrected chi connectivity index (χ4v) is 1.97. The van der Waals surface area contributed by atoms with Gasteiger partial charge < -0.3 is 10.1 Å². The molecule has 3 rings (SSSR count). The van der Waals surface area contributed by atoms with Gasteiger partial charge in [-0.2, -0.15) is 0 Å². The van der Waals surface area contributed by atoms with Crippen LogP contribution < -0.4 is 10.1 Å². The second kappa shape index (κ2) is 3.28. The Balaban J connectivity index is 2.11. The molecule has 2 aromatic rings. The Hall–Kier alpha value is -1.48. The lowest BCUT2D eigenvalue weighted by Crippen LogP contribution is -2.02. The van der Waals surface area contributed by atoms with E-state index in [9.17, 15) is 0 Å². The molecule has 0 bridgehead atoms. The van der Waals surface area contributed by atoms with Gasteiger partial charge in [0, 0.05) is 4.47 Å². The highest BCUT2D eigenvalue weighted by Crippen LogP contribution is 2.42. The van der Waals surface area contributed by atoms with Crippen LogP contribution in [-0.2, 0) is 0 Å². The summed E-state index contributed by atoms with van der Waals surface area (Å²) in [6.07, 6.45) is 0. The highest BCUT2D eigenvalue weighted by molar-refractivity contribution is 9.10. The van der Waals surface area contributed by atoms with Crippen molar-refractivity contribution in [1.82, 2.24) is 0 Å². The Bertz CT molecular complexity index is 525. The van der Waals surface area contributed by atoms with Gasteiger partial charge in [0.15, 0.2) is 11.5 Å². The third kappa shape index (κ3) is 1.49. The molecule has 0 fully saturated rings. The van der Waals surface area contributed by atoms with Gasteiger partial charge in [-0.1, -0.05) is 28.1 Å². The third-order valence-electron chi connectivity index (χ3n) is 2.32. The molecule has 0 aliphatic carbocycles. The number of benzene rings is 2. The number of nitrogens with one attached hydrogen (secondary N) is 1. The molecule has 2 nitrogen and oxygen atoms in total. The zero-order valence-corrected chi connectivity index (χ0v) is 9.41. The van der Waals surface area contributed by atoms with Gasteiger partial charge in [0.1, 0.15) is 0 Å². The van der Waals surface area contributed by atoms with Crippen molar-refractivity contribution in [3.8, 4) is 11.5 Å². The number of fused-ring (bicyclic) bond motifs is 2. The zero-order chi connectivity index (χ0) is 10.3. The molecule has 15 heavy (non-hydrogen) atoms. The SMILES string of the molecule is Brc1ccc2c(c1)Nc1ccccc1O2. The average molecular weight is 262 g/mol. The first-order valence-electron chi connectivity index (χ1n) is 4.66. The maximum Gasteiger partial charge on any atom is 0.151 e. The van der Waals surface area contributed by atoms with Crippen LogP contribution in [0.25, 0.3) is 0 Å². The lowest BCUT2D eigenvalue weighted by atomic mass is 10.2. The van der Waals surface area contributed by atoms with Gasteiger partial charge in [0.2, 0.25) is 0 Å². The number of halogens is 1. The Morgan fingerprint density at radius 3 is 2.67 bits per heavy atom. The second-order valence-corrected chi connectivity index (χ2v) is 4.28. The van der Waals surface area contributed by atoms with Crippen molar-refractivity contribution in [3.63, 3.8) is 0 Å². The Kier molecular flexibility index (Phi) is 1.92. The summed E-state index contributed by atoms with van der Waals surface area (Å²) < 4.78 is 6.79. The number of hydrogen-bond acceptors (Lipinski definition) is 2. The van der Waals surface area contributed by atoms with Crippen LogP contribution in [0, 0.1) is 0 Å². The molecule has 3 heteroatoms. The zero-order valence-electron chi connectivity index (χ0n) is 7.83. The molecule has 0 saturated heterocycles. The van der Waals surface area contributed by atoms with E-state index in [4.69, 9.17) is 4.74 Å². The molecule has 0 radical (unpaired) electrons. The van der Waals surface area contributed by atoms with Crippen LogP contribution in [0.5, 0.6) is 11.5 Å². The minimum Gasteiger partial charge on any atom is -0.453 e. The lowest BCUT2D eigenvalue weighted by Gasteiger charge is -2.21. The molecule has 1 heterocycles. The molecule has 0 unspecified atom stereocenters. The van der Waals surface area contributed by atoms with Crippen LogP contribution in [-0.4, -0.2) is 0 Å². The molecule has 0 aromatic heterocycles. The van der Waals surface area contributed by atoms with E-state index in [1.54, 1.807) is 0 Å². The average Bonchev–Trinajstić information content (AvgIpc) is 2.26. The summed E-state index contributed by atoms with van der Waals surface area (Å²) in [6, 6.07) is 13.8. The number of para-hydroxylation sites is 2. The summed E-state index contributed by atoms with van der Waals surface area (Å²) in [5.41, 5.74) is 1.99. The molecule has 0 spiro atoms. The van der Waals surface area contributed by atoms with Gasteiger partial charge in [-0.25, -0.2) is 0 Å². The Labute approximate surface area is 96.0 Å². The number of ether oxygens (including phenoxy) is 1. The van der Waals surface area contributed by atoms with Crippen molar-refractivity contribution in [1.29, 1.82) is 0 Å². The molecule has 2 aromatic carbocycles. The van der Waals surface area contributed by atoms with Crippen molar-refractivity contribution in [2.45, 2.75) is 0 Å². The molecular weight excluding hydrogens is 254 g/mol. The van der Waals surface area contributed by atoms with Gasteiger partial charge >= 0.3 is 0 Å². The van der Waals surface area contributed by atoms with E-state index in [0.29, 0.717) is 0 Å². The van der Waals surface area contributed by atoms with Crippen molar-refractivity contribution < 1.29 is 4.74 Å². The van der Waals surface area contributed by atoms with E-state index in [-0.39, 0.29) is 0 Å². The van der Waals surface area contributed by atoms with E-state index in [1.807, 2.05) is 42.5 Å². The van der Waals surface area contributed by atoms with Gasteiger partial charge in [-0.05, 0) is 30.3 Å². The first kappa shape index (κ1) is 8.80. The molecule has 0 amide bonds. The van der Waals surface area contributed by atoms with Crippen LogP contribution in [0.1, 0.15) is 0 Å². The highest BCUT2D eigenvalue weighted by atomic mass is 79.9. The number of anilines is 2. The van der Waals surface area contributed by atoms with Gasteiger partial charge in [0.05, 0.1) is 11.4 Å². The van der Waals surface area contributed by atoms with Crippen molar-refractivity contribution in [2.24, 2.45) is 0 Å². The maximum absolute atomic E-state index is 5.75. The summed E-state index contributed by atoms with van der Waals surface area (Å²) in [7, 11) is 0. The molecule has 1 aliphatic rings. The van der Waals surface area contributed by atoms with E-state index in [2.05, 4.69) is 21.2 Å². The van der Waals surface area contributed by atoms with Crippen molar-refractivity contribution in [3.05, 3.63) is 46.9 Å².